The summed E-state index contributed by atoms with van der Waals surface area (Å²) in [5, 5.41) is 0. The smallest absolute Gasteiger partial charge is 0.219 e. The zero-order valence-corrected chi connectivity index (χ0v) is 5.46. The van der Waals surface area contributed by atoms with Crippen molar-refractivity contribution in [1.29, 1.82) is 0 Å². The van der Waals surface area contributed by atoms with Crippen LogP contribution in [-0.4, -0.2) is 12.9 Å². The van der Waals surface area contributed by atoms with E-state index in [0.29, 0.717) is 12.4 Å². The summed E-state index contributed by atoms with van der Waals surface area (Å²) in [6, 6.07) is 0. The molecule has 1 atom stereocenters. The number of hydrogen-bond donors (Lipinski definition) is 0. The fourth-order valence-electron chi connectivity index (χ4n) is 0.659. The van der Waals surface area contributed by atoms with Crippen LogP contribution in [0.2, 0.25) is 0 Å². The second kappa shape index (κ2) is 2.69. The first-order valence-corrected chi connectivity index (χ1v) is 2.92. The van der Waals surface area contributed by atoms with Crippen LogP contribution >= 0.6 is 0 Å². The molecule has 0 aromatic rings. The lowest BCUT2D eigenvalue weighted by Crippen LogP contribution is -2.00. The third kappa shape index (κ3) is 1.57. The van der Waals surface area contributed by atoms with Gasteiger partial charge in [-0.25, -0.2) is 0 Å². The molecule has 0 aliphatic carbocycles. The molecule has 9 heavy (non-hydrogen) atoms. The van der Waals surface area contributed by atoms with Crippen molar-refractivity contribution < 1.29 is 9.47 Å². The molecule has 1 rings (SSSR count). The number of rotatable bonds is 1. The molecule has 0 saturated carbocycles. The molecule has 1 unspecified atom stereocenters. The van der Waals surface area contributed by atoms with Crippen LogP contribution in [0.1, 0.15) is 6.92 Å². The third-order valence-corrected chi connectivity index (χ3v) is 1.04. The van der Waals surface area contributed by atoms with E-state index in [9.17, 15) is 0 Å². The van der Waals surface area contributed by atoms with Gasteiger partial charge in [-0.15, -0.1) is 0 Å². The van der Waals surface area contributed by atoms with Gasteiger partial charge in [-0.05, 0) is 13.0 Å². The van der Waals surface area contributed by atoms with E-state index in [2.05, 4.69) is 6.58 Å². The van der Waals surface area contributed by atoms with Crippen molar-refractivity contribution in [3.8, 4) is 0 Å². The number of allylic oxidation sites excluding steroid dienone is 1. The Kier molecular flexibility index (Phi) is 1.90. The average Bonchev–Trinajstić information content (AvgIpc) is 2.17. The highest BCUT2D eigenvalue weighted by molar-refractivity contribution is 4.93. The predicted octanol–water partition coefficient (Wildman–Crippen LogP) is 1.45. The van der Waals surface area contributed by atoms with Gasteiger partial charge in [-0.2, -0.15) is 0 Å². The molecule has 1 aliphatic heterocycles. The van der Waals surface area contributed by atoms with Crippen molar-refractivity contribution in [3.63, 3.8) is 0 Å². The molecule has 2 heteroatoms. The zero-order chi connectivity index (χ0) is 6.69. The predicted molar refractivity (Wildman–Crippen MR) is 34.8 cm³/mol. The summed E-state index contributed by atoms with van der Waals surface area (Å²) in [5.41, 5.74) is 0. The van der Waals surface area contributed by atoms with Crippen LogP contribution in [0.4, 0.5) is 0 Å². The molecule has 0 amide bonds. The van der Waals surface area contributed by atoms with Gasteiger partial charge >= 0.3 is 0 Å². The molecular formula is C7H10O2. The molecule has 0 N–H and O–H groups in total. The van der Waals surface area contributed by atoms with Gasteiger partial charge in [0, 0.05) is 0 Å². The van der Waals surface area contributed by atoms with Gasteiger partial charge < -0.3 is 9.47 Å². The topological polar surface area (TPSA) is 18.5 Å². The quantitative estimate of drug-likeness (QED) is 0.495. The lowest BCUT2D eigenvalue weighted by atomic mass is 10.5. The third-order valence-electron chi connectivity index (χ3n) is 1.04. The van der Waals surface area contributed by atoms with Crippen LogP contribution in [-0.2, 0) is 9.47 Å². The van der Waals surface area contributed by atoms with Gasteiger partial charge in [0.1, 0.15) is 12.4 Å². The van der Waals surface area contributed by atoms with Crippen LogP contribution in [0.3, 0.4) is 0 Å². The van der Waals surface area contributed by atoms with Crippen molar-refractivity contribution in [1.82, 2.24) is 0 Å². The molecule has 50 valence electrons. The van der Waals surface area contributed by atoms with Gasteiger partial charge in [0.2, 0.25) is 6.29 Å². The van der Waals surface area contributed by atoms with E-state index in [-0.39, 0.29) is 6.29 Å². The van der Waals surface area contributed by atoms with E-state index in [4.69, 9.17) is 9.47 Å². The molecule has 1 heterocycles. The fraction of sp³-hybridized carbons (Fsp3) is 0.429. The van der Waals surface area contributed by atoms with E-state index in [0.717, 1.165) is 0 Å². The Morgan fingerprint density at radius 1 is 1.78 bits per heavy atom. The molecular weight excluding hydrogens is 116 g/mol. The average molecular weight is 126 g/mol. The van der Waals surface area contributed by atoms with Crippen LogP contribution in [0.5, 0.6) is 0 Å². The Hall–Kier alpha value is -0.760. The fourth-order valence-corrected chi connectivity index (χ4v) is 0.659. The summed E-state index contributed by atoms with van der Waals surface area (Å²) in [7, 11) is 0. The Morgan fingerprint density at radius 3 is 3.00 bits per heavy atom. The largest absolute Gasteiger partial charge is 0.464 e. The summed E-state index contributed by atoms with van der Waals surface area (Å²) in [5.74, 6) is 0.707. The maximum Gasteiger partial charge on any atom is 0.219 e. The minimum atomic E-state index is -0.192. The van der Waals surface area contributed by atoms with Crippen molar-refractivity contribution in [2.75, 3.05) is 6.61 Å². The zero-order valence-electron chi connectivity index (χ0n) is 5.46. The summed E-state index contributed by atoms with van der Waals surface area (Å²) >= 11 is 0. The molecule has 1 fully saturated rings. The monoisotopic (exact) mass is 126 g/mol. The highest BCUT2D eigenvalue weighted by Gasteiger charge is 2.15. The van der Waals surface area contributed by atoms with Gasteiger partial charge in [0.05, 0.1) is 0 Å². The van der Waals surface area contributed by atoms with Crippen LogP contribution in [0, 0.1) is 0 Å². The first kappa shape index (κ1) is 6.36. The number of hydrogen-bond acceptors (Lipinski definition) is 2. The van der Waals surface area contributed by atoms with Gasteiger partial charge in [-0.1, -0.05) is 12.7 Å². The Balaban J connectivity index is 2.39. The second-order valence-electron chi connectivity index (χ2n) is 1.86. The van der Waals surface area contributed by atoms with E-state index in [1.807, 2.05) is 19.1 Å². The van der Waals surface area contributed by atoms with Crippen molar-refractivity contribution in [3.05, 3.63) is 24.5 Å². The van der Waals surface area contributed by atoms with E-state index < -0.39 is 0 Å². The molecule has 1 saturated heterocycles. The van der Waals surface area contributed by atoms with Crippen molar-refractivity contribution >= 4 is 0 Å². The standard InChI is InChI=1S/C7H10O2/c1-3-4-7-8-5-6(2)9-7/h3-4,7H,2,5H2,1H3/b4-3-. The molecule has 1 aliphatic rings. The summed E-state index contributed by atoms with van der Waals surface area (Å²) in [6.07, 6.45) is 3.55. The number of ether oxygens (including phenoxy) is 2. The molecule has 0 aromatic carbocycles. The maximum absolute atomic E-state index is 5.10. The highest BCUT2D eigenvalue weighted by Crippen LogP contribution is 2.12. The molecule has 0 radical (unpaired) electrons. The SMILES string of the molecule is C=C1COC(/C=C\C)O1. The van der Waals surface area contributed by atoms with Crippen LogP contribution in [0.15, 0.2) is 24.5 Å². The molecule has 0 aromatic heterocycles. The summed E-state index contributed by atoms with van der Waals surface area (Å²) < 4.78 is 10.2. The summed E-state index contributed by atoms with van der Waals surface area (Å²) in [4.78, 5) is 0. The molecule has 0 spiro atoms. The van der Waals surface area contributed by atoms with Crippen LogP contribution in [0.25, 0.3) is 0 Å². The first-order chi connectivity index (χ1) is 4.33. The highest BCUT2D eigenvalue weighted by atomic mass is 16.7. The maximum atomic E-state index is 5.10. The lowest BCUT2D eigenvalue weighted by molar-refractivity contribution is 0.00887. The lowest BCUT2D eigenvalue weighted by Gasteiger charge is -2.00. The van der Waals surface area contributed by atoms with Gasteiger partial charge in [0.15, 0.2) is 0 Å². The molecule has 0 bridgehead atoms. The van der Waals surface area contributed by atoms with E-state index in [1.54, 1.807) is 0 Å². The normalized spacial score (nSPS) is 27.2. The Bertz CT molecular complexity index is 138. The summed E-state index contributed by atoms with van der Waals surface area (Å²) in [6.45, 7) is 6.05. The van der Waals surface area contributed by atoms with Gasteiger partial charge in [-0.3, -0.25) is 0 Å². The second-order valence-corrected chi connectivity index (χ2v) is 1.86. The molecule has 2 nitrogen and oxygen atoms in total. The minimum absolute atomic E-state index is 0.192. The van der Waals surface area contributed by atoms with Crippen molar-refractivity contribution in [2.45, 2.75) is 13.2 Å². The van der Waals surface area contributed by atoms with Crippen molar-refractivity contribution in [2.24, 2.45) is 0 Å². The Labute approximate surface area is 54.8 Å². The van der Waals surface area contributed by atoms with E-state index >= 15 is 0 Å². The minimum Gasteiger partial charge on any atom is -0.464 e. The van der Waals surface area contributed by atoms with Crippen LogP contribution < -0.4 is 0 Å². The van der Waals surface area contributed by atoms with Gasteiger partial charge in [0.25, 0.3) is 0 Å². The first-order valence-electron chi connectivity index (χ1n) is 2.92. The Morgan fingerprint density at radius 2 is 2.56 bits per heavy atom. The van der Waals surface area contributed by atoms with E-state index in [1.165, 1.54) is 0 Å².